The Bertz CT molecular complexity index is 814. The number of fused-ring (bicyclic) bond motifs is 3. The molecule has 1 heterocycles. The lowest BCUT2D eigenvalue weighted by Crippen LogP contribution is -2.36. The van der Waals surface area contributed by atoms with Crippen LogP contribution < -0.4 is 14.0 Å². The molecule has 0 bridgehead atoms. The van der Waals surface area contributed by atoms with Crippen molar-refractivity contribution in [3.8, 4) is 11.5 Å². The van der Waals surface area contributed by atoms with Crippen molar-refractivity contribution < 1.29 is 19.1 Å². The molecule has 0 aliphatic heterocycles. The normalized spacial score (nSPS) is 11.0. The summed E-state index contributed by atoms with van der Waals surface area (Å²) < 4.78 is 13.0. The average Bonchev–Trinajstić information content (AvgIpc) is 2.55. The molecule has 0 saturated heterocycles. The van der Waals surface area contributed by atoms with Crippen molar-refractivity contribution in [3.05, 3.63) is 42.6 Å². The van der Waals surface area contributed by atoms with Crippen LogP contribution in [0.3, 0.4) is 0 Å². The highest BCUT2D eigenvalue weighted by Gasteiger charge is 2.14. The number of hydrogen-bond acceptors (Lipinski definition) is 3. The number of methoxy groups -OCH3 is 1. The van der Waals surface area contributed by atoms with Crippen LogP contribution in [0, 0.1) is 0 Å². The second-order valence-electron chi connectivity index (χ2n) is 5.11. The SMILES string of the molecule is CCOc1ccc2c(c1)c[n+](CCO)c1ccc(OC)cc21. The highest BCUT2D eigenvalue weighted by atomic mass is 16.5. The fourth-order valence-electron chi connectivity index (χ4n) is 2.79. The minimum absolute atomic E-state index is 0.0997. The first-order valence-electron chi connectivity index (χ1n) is 7.44. The van der Waals surface area contributed by atoms with Crippen molar-refractivity contribution in [2.75, 3.05) is 20.3 Å². The summed E-state index contributed by atoms with van der Waals surface area (Å²) in [5, 5.41) is 12.7. The molecule has 0 fully saturated rings. The van der Waals surface area contributed by atoms with E-state index in [0.717, 1.165) is 33.2 Å². The van der Waals surface area contributed by atoms with Gasteiger partial charge in [0.1, 0.15) is 18.1 Å². The number of aliphatic hydroxyl groups excluding tert-OH is 1. The van der Waals surface area contributed by atoms with Gasteiger partial charge in [-0.15, -0.1) is 0 Å². The molecule has 3 rings (SSSR count). The van der Waals surface area contributed by atoms with Crippen LogP contribution in [0.15, 0.2) is 42.6 Å². The van der Waals surface area contributed by atoms with Crippen molar-refractivity contribution in [2.24, 2.45) is 0 Å². The second kappa shape index (κ2) is 6.20. The van der Waals surface area contributed by atoms with Crippen molar-refractivity contribution in [3.63, 3.8) is 0 Å². The van der Waals surface area contributed by atoms with Crippen LogP contribution in [0.2, 0.25) is 0 Å². The smallest absolute Gasteiger partial charge is 0.213 e. The zero-order valence-corrected chi connectivity index (χ0v) is 12.9. The number of aromatic nitrogens is 1. The molecule has 114 valence electrons. The average molecular weight is 298 g/mol. The minimum Gasteiger partial charge on any atom is -0.497 e. The Balaban J connectivity index is 2.31. The summed E-state index contributed by atoms with van der Waals surface area (Å²) in [6.45, 7) is 3.27. The highest BCUT2D eigenvalue weighted by Crippen LogP contribution is 2.28. The van der Waals surface area contributed by atoms with Gasteiger partial charge in [0, 0.05) is 11.5 Å². The zero-order valence-electron chi connectivity index (χ0n) is 12.9. The van der Waals surface area contributed by atoms with Gasteiger partial charge < -0.3 is 14.6 Å². The predicted octanol–water partition coefficient (Wildman–Crippen LogP) is 2.68. The molecule has 0 saturated carbocycles. The Morgan fingerprint density at radius 1 is 1.05 bits per heavy atom. The van der Waals surface area contributed by atoms with Crippen LogP contribution in [0.5, 0.6) is 11.5 Å². The van der Waals surface area contributed by atoms with Crippen LogP contribution >= 0.6 is 0 Å². The first-order chi connectivity index (χ1) is 10.8. The van der Waals surface area contributed by atoms with Gasteiger partial charge in [0.25, 0.3) is 0 Å². The quantitative estimate of drug-likeness (QED) is 0.582. The Labute approximate surface area is 129 Å². The summed E-state index contributed by atoms with van der Waals surface area (Å²) in [6, 6.07) is 12.1. The van der Waals surface area contributed by atoms with E-state index in [0.29, 0.717) is 13.2 Å². The summed E-state index contributed by atoms with van der Waals surface area (Å²) in [5.74, 6) is 1.68. The van der Waals surface area contributed by atoms with Gasteiger partial charge in [-0.25, -0.2) is 0 Å². The molecule has 0 spiro atoms. The minimum atomic E-state index is 0.0997. The third kappa shape index (κ3) is 2.57. The Hall–Kier alpha value is -2.33. The molecule has 0 atom stereocenters. The lowest BCUT2D eigenvalue weighted by molar-refractivity contribution is -0.671. The van der Waals surface area contributed by atoms with Gasteiger partial charge in [0.15, 0.2) is 12.7 Å². The third-order valence-electron chi connectivity index (χ3n) is 3.77. The monoisotopic (exact) mass is 298 g/mol. The van der Waals surface area contributed by atoms with Crippen LogP contribution in [0.25, 0.3) is 21.7 Å². The lowest BCUT2D eigenvalue weighted by Gasteiger charge is -2.08. The van der Waals surface area contributed by atoms with E-state index in [-0.39, 0.29) is 6.61 Å². The maximum atomic E-state index is 9.32. The van der Waals surface area contributed by atoms with E-state index < -0.39 is 0 Å². The van der Waals surface area contributed by atoms with E-state index in [1.54, 1.807) is 7.11 Å². The summed E-state index contributed by atoms with van der Waals surface area (Å²) >= 11 is 0. The molecule has 1 aromatic heterocycles. The first kappa shape index (κ1) is 14.6. The van der Waals surface area contributed by atoms with E-state index in [9.17, 15) is 5.11 Å². The van der Waals surface area contributed by atoms with E-state index >= 15 is 0 Å². The molecule has 0 amide bonds. The lowest BCUT2D eigenvalue weighted by atomic mass is 10.1. The summed E-state index contributed by atoms with van der Waals surface area (Å²) in [6.07, 6.45) is 2.06. The van der Waals surface area contributed by atoms with Gasteiger partial charge in [-0.2, -0.15) is 4.57 Å². The molecule has 2 aromatic carbocycles. The third-order valence-corrected chi connectivity index (χ3v) is 3.77. The van der Waals surface area contributed by atoms with Gasteiger partial charge in [-0.1, -0.05) is 0 Å². The van der Waals surface area contributed by atoms with Crippen LogP contribution in [-0.2, 0) is 6.54 Å². The summed E-state index contributed by atoms with van der Waals surface area (Å²) in [4.78, 5) is 0. The molecule has 0 unspecified atom stereocenters. The van der Waals surface area contributed by atoms with Gasteiger partial charge >= 0.3 is 0 Å². The Kier molecular flexibility index (Phi) is 4.11. The molecular formula is C18H20NO3+. The molecule has 3 aromatic rings. The molecular weight excluding hydrogens is 278 g/mol. The number of benzene rings is 2. The molecule has 4 heteroatoms. The van der Waals surface area contributed by atoms with Crippen molar-refractivity contribution in [1.82, 2.24) is 0 Å². The van der Waals surface area contributed by atoms with E-state index in [1.807, 2.05) is 37.3 Å². The van der Waals surface area contributed by atoms with Gasteiger partial charge in [0.05, 0.1) is 24.5 Å². The number of rotatable bonds is 5. The summed E-state index contributed by atoms with van der Waals surface area (Å²) in [7, 11) is 1.67. The van der Waals surface area contributed by atoms with Gasteiger partial charge in [0.2, 0.25) is 5.52 Å². The molecule has 0 aliphatic rings. The molecule has 0 aliphatic carbocycles. The Morgan fingerprint density at radius 2 is 1.86 bits per heavy atom. The van der Waals surface area contributed by atoms with Gasteiger partial charge in [-0.05, 0) is 37.3 Å². The standard InChI is InChI=1S/C18H20NO3/c1-3-22-15-4-6-16-13(10-15)12-19(8-9-20)18-7-5-14(21-2)11-17(16)18/h4-7,10-12,20H,3,8-9H2,1-2H3/q+1. The largest absolute Gasteiger partial charge is 0.497 e. The first-order valence-corrected chi connectivity index (χ1v) is 7.44. The fraction of sp³-hybridized carbons (Fsp3) is 0.278. The van der Waals surface area contributed by atoms with E-state index in [1.165, 1.54) is 0 Å². The van der Waals surface area contributed by atoms with Crippen LogP contribution in [-0.4, -0.2) is 25.4 Å². The fourth-order valence-corrected chi connectivity index (χ4v) is 2.79. The topological polar surface area (TPSA) is 42.6 Å². The number of pyridine rings is 1. The van der Waals surface area contributed by atoms with Crippen molar-refractivity contribution in [1.29, 1.82) is 0 Å². The van der Waals surface area contributed by atoms with Gasteiger partial charge in [-0.3, -0.25) is 0 Å². The molecule has 4 nitrogen and oxygen atoms in total. The number of ether oxygens (including phenoxy) is 2. The maximum Gasteiger partial charge on any atom is 0.213 e. The second-order valence-corrected chi connectivity index (χ2v) is 5.11. The van der Waals surface area contributed by atoms with E-state index in [2.05, 4.69) is 16.8 Å². The predicted molar refractivity (Wildman–Crippen MR) is 86.5 cm³/mol. The van der Waals surface area contributed by atoms with E-state index in [4.69, 9.17) is 9.47 Å². The van der Waals surface area contributed by atoms with Crippen LogP contribution in [0.4, 0.5) is 0 Å². The molecule has 0 radical (unpaired) electrons. The zero-order chi connectivity index (χ0) is 15.5. The number of hydrogen-bond donors (Lipinski definition) is 1. The van der Waals surface area contributed by atoms with Crippen molar-refractivity contribution >= 4 is 21.7 Å². The number of aliphatic hydroxyl groups is 1. The number of nitrogens with zero attached hydrogens (tertiary/aromatic N) is 1. The molecule has 1 N–H and O–H groups in total. The van der Waals surface area contributed by atoms with Crippen molar-refractivity contribution in [2.45, 2.75) is 13.5 Å². The molecule has 22 heavy (non-hydrogen) atoms. The Morgan fingerprint density at radius 3 is 2.59 bits per heavy atom. The maximum absolute atomic E-state index is 9.32. The summed E-state index contributed by atoms with van der Waals surface area (Å²) in [5.41, 5.74) is 1.08. The highest BCUT2D eigenvalue weighted by molar-refractivity contribution is 6.04. The van der Waals surface area contributed by atoms with Crippen LogP contribution in [0.1, 0.15) is 6.92 Å².